The molecular weight excluding hydrogens is 332 g/mol. The average Bonchev–Trinajstić information content (AvgIpc) is 2.72. The van der Waals surface area contributed by atoms with Gasteiger partial charge in [0.2, 0.25) is 10.0 Å². The minimum absolute atomic E-state index is 0.121. The molecule has 7 heteroatoms. The summed E-state index contributed by atoms with van der Waals surface area (Å²) < 4.78 is 28.9. The summed E-state index contributed by atoms with van der Waals surface area (Å²) in [7, 11) is -3.71. The van der Waals surface area contributed by atoms with Crippen LogP contribution in [0.5, 0.6) is 0 Å². The number of rotatable bonds is 4. The number of aryl methyl sites for hydroxylation is 1. The fourth-order valence-electron chi connectivity index (χ4n) is 1.65. The first kappa shape index (κ1) is 14.1. The molecule has 2 aromatic rings. The molecule has 102 valence electrons. The van der Waals surface area contributed by atoms with Gasteiger partial charge in [0.15, 0.2) is 0 Å². The lowest BCUT2D eigenvalue weighted by atomic mass is 10.2. The van der Waals surface area contributed by atoms with E-state index in [0.29, 0.717) is 17.8 Å². The Morgan fingerprint density at radius 3 is 2.68 bits per heavy atom. The van der Waals surface area contributed by atoms with Gasteiger partial charge in [0.1, 0.15) is 5.76 Å². The minimum Gasteiger partial charge on any atom is -0.466 e. The van der Waals surface area contributed by atoms with Gasteiger partial charge in [0, 0.05) is 5.69 Å². The van der Waals surface area contributed by atoms with Crippen molar-refractivity contribution in [1.29, 1.82) is 0 Å². The smallest absolute Gasteiger partial charge is 0.238 e. The van der Waals surface area contributed by atoms with E-state index in [1.807, 2.05) is 0 Å². The van der Waals surface area contributed by atoms with Crippen molar-refractivity contribution in [2.75, 3.05) is 5.32 Å². The maximum Gasteiger partial charge on any atom is 0.238 e. The monoisotopic (exact) mass is 344 g/mol. The molecule has 0 unspecified atom stereocenters. The molecule has 5 nitrogen and oxygen atoms in total. The molecule has 0 aliphatic carbocycles. The first-order valence-corrected chi connectivity index (χ1v) is 7.81. The van der Waals surface area contributed by atoms with E-state index in [1.165, 1.54) is 6.07 Å². The Bertz CT molecular complexity index is 695. The number of anilines is 1. The molecule has 0 amide bonds. The van der Waals surface area contributed by atoms with E-state index in [4.69, 9.17) is 9.56 Å². The summed E-state index contributed by atoms with van der Waals surface area (Å²) in [5.74, 6) is 0.734. The third-order valence-corrected chi connectivity index (χ3v) is 4.40. The summed E-state index contributed by atoms with van der Waals surface area (Å²) in [4.78, 5) is 0.121. The molecule has 2 rings (SSSR count). The van der Waals surface area contributed by atoms with Crippen LogP contribution in [0.15, 0.2) is 44.3 Å². The number of furan rings is 1. The molecule has 0 saturated heterocycles. The van der Waals surface area contributed by atoms with E-state index in [9.17, 15) is 8.42 Å². The zero-order valence-corrected chi connectivity index (χ0v) is 12.6. The van der Waals surface area contributed by atoms with Gasteiger partial charge in [-0.25, -0.2) is 13.6 Å². The molecule has 1 aromatic heterocycles. The molecule has 0 fully saturated rings. The Morgan fingerprint density at radius 2 is 2.11 bits per heavy atom. The molecule has 0 spiro atoms. The Kier molecular flexibility index (Phi) is 3.98. The highest BCUT2D eigenvalue weighted by atomic mass is 79.9. The zero-order valence-electron chi connectivity index (χ0n) is 10.2. The highest BCUT2D eigenvalue weighted by molar-refractivity contribution is 9.10. The number of benzene rings is 1. The van der Waals surface area contributed by atoms with Crippen LogP contribution in [-0.2, 0) is 16.6 Å². The molecule has 0 aliphatic rings. The molecule has 0 atom stereocenters. The Morgan fingerprint density at radius 1 is 1.37 bits per heavy atom. The van der Waals surface area contributed by atoms with Crippen LogP contribution in [-0.4, -0.2) is 8.42 Å². The van der Waals surface area contributed by atoms with E-state index in [-0.39, 0.29) is 4.90 Å². The summed E-state index contributed by atoms with van der Waals surface area (Å²) >= 11 is 3.35. The average molecular weight is 345 g/mol. The molecule has 0 saturated carbocycles. The van der Waals surface area contributed by atoms with Crippen LogP contribution in [0.4, 0.5) is 5.69 Å². The van der Waals surface area contributed by atoms with Crippen molar-refractivity contribution in [2.45, 2.75) is 18.4 Å². The van der Waals surface area contributed by atoms with Gasteiger partial charge in [0.05, 0.1) is 22.2 Å². The van der Waals surface area contributed by atoms with E-state index < -0.39 is 10.0 Å². The summed E-state index contributed by atoms with van der Waals surface area (Å²) in [6.07, 6.45) is 1.58. The number of nitrogens with one attached hydrogen (secondary N) is 1. The number of hydrogen-bond acceptors (Lipinski definition) is 4. The number of halogens is 1. The molecule has 3 N–H and O–H groups in total. The first-order chi connectivity index (χ1) is 8.88. The maximum atomic E-state index is 11.4. The number of sulfonamides is 1. The minimum atomic E-state index is -3.71. The van der Waals surface area contributed by atoms with E-state index in [1.54, 1.807) is 31.4 Å². The lowest BCUT2D eigenvalue weighted by Gasteiger charge is -2.09. The van der Waals surface area contributed by atoms with Crippen LogP contribution in [0.2, 0.25) is 0 Å². The number of nitrogens with two attached hydrogens (primary N) is 1. The summed E-state index contributed by atoms with van der Waals surface area (Å²) in [6, 6.07) is 6.81. The van der Waals surface area contributed by atoms with Crippen molar-refractivity contribution in [3.8, 4) is 0 Å². The fourth-order valence-corrected chi connectivity index (χ4v) is 2.80. The first-order valence-electron chi connectivity index (χ1n) is 5.47. The molecule has 1 aromatic carbocycles. The number of primary sulfonamides is 1. The molecule has 0 radical (unpaired) electrons. The van der Waals surface area contributed by atoms with Crippen molar-refractivity contribution in [1.82, 2.24) is 0 Å². The van der Waals surface area contributed by atoms with Gasteiger partial charge < -0.3 is 9.73 Å². The number of hydrogen-bond donors (Lipinski definition) is 2. The third kappa shape index (κ3) is 3.37. The van der Waals surface area contributed by atoms with E-state index in [0.717, 1.165) is 10.2 Å². The summed E-state index contributed by atoms with van der Waals surface area (Å²) in [6.45, 7) is 2.15. The van der Waals surface area contributed by atoms with Gasteiger partial charge >= 0.3 is 0 Å². The molecular formula is C12H13BrN2O3S. The summed E-state index contributed by atoms with van der Waals surface area (Å²) in [5, 5.41) is 8.24. The van der Waals surface area contributed by atoms with Crippen molar-refractivity contribution in [2.24, 2.45) is 5.14 Å². The Hall–Kier alpha value is -1.31. The predicted octanol–water partition coefficient (Wildman–Crippen LogP) is 2.61. The third-order valence-electron chi connectivity index (χ3n) is 2.64. The van der Waals surface area contributed by atoms with Gasteiger partial charge in [-0.1, -0.05) is 6.07 Å². The topological polar surface area (TPSA) is 85.3 Å². The predicted molar refractivity (Wildman–Crippen MR) is 76.3 cm³/mol. The van der Waals surface area contributed by atoms with Crippen LogP contribution < -0.4 is 10.5 Å². The normalized spacial score (nSPS) is 11.5. The summed E-state index contributed by atoms with van der Waals surface area (Å²) in [5.41, 5.74) is 1.28. The van der Waals surface area contributed by atoms with Crippen molar-refractivity contribution in [3.05, 3.63) is 46.3 Å². The van der Waals surface area contributed by atoms with E-state index in [2.05, 4.69) is 21.2 Å². The zero-order chi connectivity index (χ0) is 14.0. The SMILES string of the molecule is Cc1ccc(NCc2occc2Br)cc1S(N)(=O)=O. The van der Waals surface area contributed by atoms with E-state index >= 15 is 0 Å². The molecule has 1 heterocycles. The standard InChI is InChI=1S/C12H13BrN2O3S/c1-8-2-3-9(6-12(8)19(14,16)17)15-7-11-10(13)4-5-18-11/h2-6,15H,7H2,1H3,(H2,14,16,17). The second-order valence-corrected chi connectivity index (χ2v) is 6.45. The van der Waals surface area contributed by atoms with Gasteiger partial charge in [-0.2, -0.15) is 0 Å². The van der Waals surface area contributed by atoms with Gasteiger partial charge in [-0.15, -0.1) is 0 Å². The van der Waals surface area contributed by atoms with Crippen LogP contribution >= 0.6 is 15.9 Å². The Balaban J connectivity index is 2.21. The van der Waals surface area contributed by atoms with Gasteiger partial charge in [-0.05, 0) is 46.6 Å². The second kappa shape index (κ2) is 5.36. The second-order valence-electron chi connectivity index (χ2n) is 4.07. The van der Waals surface area contributed by atoms with Crippen LogP contribution in [0.3, 0.4) is 0 Å². The van der Waals surface area contributed by atoms with Crippen LogP contribution in [0, 0.1) is 6.92 Å². The molecule has 0 bridgehead atoms. The lowest BCUT2D eigenvalue weighted by Crippen LogP contribution is -2.14. The fraction of sp³-hybridized carbons (Fsp3) is 0.167. The highest BCUT2D eigenvalue weighted by Gasteiger charge is 2.12. The Labute approximate surface area is 120 Å². The largest absolute Gasteiger partial charge is 0.466 e. The van der Waals surface area contributed by atoms with Crippen molar-refractivity contribution in [3.63, 3.8) is 0 Å². The lowest BCUT2D eigenvalue weighted by molar-refractivity contribution is 0.516. The van der Waals surface area contributed by atoms with Gasteiger partial charge in [0.25, 0.3) is 0 Å². The molecule has 19 heavy (non-hydrogen) atoms. The molecule has 0 aliphatic heterocycles. The quantitative estimate of drug-likeness (QED) is 0.892. The van der Waals surface area contributed by atoms with Gasteiger partial charge in [-0.3, -0.25) is 0 Å². The maximum absolute atomic E-state index is 11.4. The van der Waals surface area contributed by atoms with Crippen molar-refractivity contribution < 1.29 is 12.8 Å². The highest BCUT2D eigenvalue weighted by Crippen LogP contribution is 2.22. The van der Waals surface area contributed by atoms with Crippen LogP contribution in [0.25, 0.3) is 0 Å². The van der Waals surface area contributed by atoms with Crippen LogP contribution in [0.1, 0.15) is 11.3 Å². The van der Waals surface area contributed by atoms with Crippen molar-refractivity contribution >= 4 is 31.6 Å².